The molecule has 1 N–H and O–H groups in total. The zero-order valence-corrected chi connectivity index (χ0v) is 12.7. The van der Waals surface area contributed by atoms with E-state index in [4.69, 9.17) is 16.3 Å². The smallest absolute Gasteiger partial charge is 0.219 e. The van der Waals surface area contributed by atoms with Crippen LogP contribution in [0.5, 0.6) is 11.6 Å². The molecule has 2 rings (SSSR count). The van der Waals surface area contributed by atoms with Crippen LogP contribution in [-0.2, 0) is 6.54 Å². The Bertz CT molecular complexity index is 584. The minimum atomic E-state index is 0.430. The lowest BCUT2D eigenvalue weighted by atomic mass is 10.2. The highest BCUT2D eigenvalue weighted by Gasteiger charge is 2.04. The first-order valence-corrected chi connectivity index (χ1v) is 7.05. The molecule has 0 saturated heterocycles. The quantitative estimate of drug-likeness (QED) is 0.890. The van der Waals surface area contributed by atoms with E-state index in [1.807, 2.05) is 43.3 Å². The Morgan fingerprint density at radius 2 is 2.05 bits per heavy atom. The van der Waals surface area contributed by atoms with Crippen molar-refractivity contribution in [2.45, 2.75) is 33.4 Å². The fourth-order valence-electron chi connectivity index (χ4n) is 1.76. The van der Waals surface area contributed by atoms with Gasteiger partial charge in [-0.1, -0.05) is 31.5 Å². The highest BCUT2D eigenvalue weighted by atomic mass is 35.5. The summed E-state index contributed by atoms with van der Waals surface area (Å²) in [6, 6.07) is 11.8. The molecule has 106 valence electrons. The van der Waals surface area contributed by atoms with E-state index in [2.05, 4.69) is 24.1 Å². The first-order valence-electron chi connectivity index (χ1n) is 6.68. The molecule has 1 aromatic carbocycles. The molecule has 20 heavy (non-hydrogen) atoms. The number of benzene rings is 1. The molecule has 0 radical (unpaired) electrons. The van der Waals surface area contributed by atoms with Gasteiger partial charge in [-0.3, -0.25) is 0 Å². The molecule has 0 aliphatic carbocycles. The second kappa shape index (κ2) is 6.73. The number of nitrogens with zero attached hydrogens (tertiary/aromatic N) is 1. The molecular formula is C16H19ClN2O. The van der Waals surface area contributed by atoms with E-state index in [-0.39, 0.29) is 0 Å². The van der Waals surface area contributed by atoms with E-state index < -0.39 is 0 Å². The summed E-state index contributed by atoms with van der Waals surface area (Å²) in [6.07, 6.45) is 0. The number of nitrogens with one attached hydrogen (secondary N) is 1. The number of ether oxygens (including phenoxy) is 1. The number of pyridine rings is 1. The molecule has 3 nitrogen and oxygen atoms in total. The molecule has 2 aromatic rings. The number of halogens is 1. The standard InChI is InChI=1S/C16H19ClN2O/c1-11(2)18-10-14-5-4-6-16(19-14)20-15-8-7-13(17)9-12(15)3/h4-9,11,18H,10H2,1-3H3. The summed E-state index contributed by atoms with van der Waals surface area (Å²) < 4.78 is 5.81. The van der Waals surface area contributed by atoms with Crippen molar-refractivity contribution in [3.05, 3.63) is 52.7 Å². The zero-order chi connectivity index (χ0) is 14.5. The first-order chi connectivity index (χ1) is 9.54. The molecule has 0 saturated carbocycles. The Morgan fingerprint density at radius 3 is 2.75 bits per heavy atom. The van der Waals surface area contributed by atoms with Crippen LogP contribution in [0.4, 0.5) is 0 Å². The Balaban J connectivity index is 2.11. The molecule has 0 amide bonds. The summed E-state index contributed by atoms with van der Waals surface area (Å²) in [5.41, 5.74) is 1.95. The van der Waals surface area contributed by atoms with Crippen LogP contribution < -0.4 is 10.1 Å². The molecule has 0 bridgehead atoms. The van der Waals surface area contributed by atoms with Crippen molar-refractivity contribution in [3.63, 3.8) is 0 Å². The van der Waals surface area contributed by atoms with Crippen molar-refractivity contribution in [1.82, 2.24) is 10.3 Å². The highest BCUT2D eigenvalue weighted by Crippen LogP contribution is 2.26. The SMILES string of the molecule is Cc1cc(Cl)ccc1Oc1cccc(CNC(C)C)n1. The number of aryl methyl sites for hydroxylation is 1. The molecule has 0 fully saturated rings. The van der Waals surface area contributed by atoms with Gasteiger partial charge in [0.05, 0.1) is 5.69 Å². The van der Waals surface area contributed by atoms with Crippen LogP contribution in [0.2, 0.25) is 5.02 Å². The summed E-state index contributed by atoms with van der Waals surface area (Å²) >= 11 is 5.94. The van der Waals surface area contributed by atoms with Crippen molar-refractivity contribution < 1.29 is 4.74 Å². The summed E-state index contributed by atoms with van der Waals surface area (Å²) in [5, 5.41) is 4.04. The van der Waals surface area contributed by atoms with Gasteiger partial charge in [-0.05, 0) is 36.8 Å². The van der Waals surface area contributed by atoms with E-state index in [1.54, 1.807) is 0 Å². The van der Waals surface area contributed by atoms with Crippen LogP contribution in [0.25, 0.3) is 0 Å². The normalized spacial score (nSPS) is 10.8. The van der Waals surface area contributed by atoms with Crippen LogP contribution in [0.3, 0.4) is 0 Å². The minimum Gasteiger partial charge on any atom is -0.439 e. The lowest BCUT2D eigenvalue weighted by Crippen LogP contribution is -2.22. The van der Waals surface area contributed by atoms with Crippen LogP contribution in [0.1, 0.15) is 25.1 Å². The molecule has 1 aromatic heterocycles. The lowest BCUT2D eigenvalue weighted by Gasteiger charge is -2.10. The van der Waals surface area contributed by atoms with Crippen molar-refractivity contribution in [2.24, 2.45) is 0 Å². The average Bonchev–Trinajstić information content (AvgIpc) is 2.40. The first kappa shape index (κ1) is 14.8. The predicted molar refractivity (Wildman–Crippen MR) is 82.5 cm³/mol. The Morgan fingerprint density at radius 1 is 1.25 bits per heavy atom. The van der Waals surface area contributed by atoms with E-state index in [1.165, 1.54) is 0 Å². The number of hydrogen-bond donors (Lipinski definition) is 1. The Labute approximate surface area is 124 Å². The Hall–Kier alpha value is -1.58. The summed E-state index contributed by atoms with van der Waals surface area (Å²) in [4.78, 5) is 4.49. The van der Waals surface area contributed by atoms with E-state index >= 15 is 0 Å². The van der Waals surface area contributed by atoms with Gasteiger partial charge in [0.1, 0.15) is 5.75 Å². The summed E-state index contributed by atoms with van der Waals surface area (Å²) in [5.74, 6) is 1.37. The fourth-order valence-corrected chi connectivity index (χ4v) is 1.99. The maximum atomic E-state index is 5.94. The molecule has 0 aliphatic rings. The molecule has 0 aliphatic heterocycles. The lowest BCUT2D eigenvalue weighted by molar-refractivity contribution is 0.455. The van der Waals surface area contributed by atoms with Gasteiger partial charge in [-0.25, -0.2) is 4.98 Å². The maximum absolute atomic E-state index is 5.94. The summed E-state index contributed by atoms with van der Waals surface area (Å²) in [6.45, 7) is 6.91. The van der Waals surface area contributed by atoms with Crippen molar-refractivity contribution in [1.29, 1.82) is 0 Å². The van der Waals surface area contributed by atoms with Crippen molar-refractivity contribution in [2.75, 3.05) is 0 Å². The van der Waals surface area contributed by atoms with Crippen LogP contribution in [-0.4, -0.2) is 11.0 Å². The summed E-state index contributed by atoms with van der Waals surface area (Å²) in [7, 11) is 0. The molecular weight excluding hydrogens is 272 g/mol. The molecule has 0 atom stereocenters. The molecule has 4 heteroatoms. The monoisotopic (exact) mass is 290 g/mol. The second-order valence-electron chi connectivity index (χ2n) is 5.01. The third-order valence-corrected chi connectivity index (χ3v) is 3.06. The number of hydrogen-bond acceptors (Lipinski definition) is 3. The van der Waals surface area contributed by atoms with Gasteiger partial charge in [-0.15, -0.1) is 0 Å². The average molecular weight is 291 g/mol. The molecule has 0 unspecified atom stereocenters. The van der Waals surface area contributed by atoms with Gasteiger partial charge in [0.15, 0.2) is 0 Å². The van der Waals surface area contributed by atoms with Crippen LogP contribution >= 0.6 is 11.6 Å². The number of aromatic nitrogens is 1. The third kappa shape index (κ3) is 4.22. The highest BCUT2D eigenvalue weighted by molar-refractivity contribution is 6.30. The molecule has 1 heterocycles. The van der Waals surface area contributed by atoms with Crippen LogP contribution in [0, 0.1) is 6.92 Å². The van der Waals surface area contributed by atoms with Gasteiger partial charge < -0.3 is 10.1 Å². The van der Waals surface area contributed by atoms with Gasteiger partial charge in [0.25, 0.3) is 0 Å². The van der Waals surface area contributed by atoms with Crippen LogP contribution in [0.15, 0.2) is 36.4 Å². The Kier molecular flexibility index (Phi) is 4.99. The van der Waals surface area contributed by atoms with E-state index in [0.29, 0.717) is 16.9 Å². The van der Waals surface area contributed by atoms with Crippen molar-refractivity contribution in [3.8, 4) is 11.6 Å². The second-order valence-corrected chi connectivity index (χ2v) is 5.45. The number of rotatable bonds is 5. The van der Waals surface area contributed by atoms with Gasteiger partial charge in [-0.2, -0.15) is 0 Å². The van der Waals surface area contributed by atoms with E-state index in [9.17, 15) is 0 Å². The fraction of sp³-hybridized carbons (Fsp3) is 0.312. The molecule has 0 spiro atoms. The van der Waals surface area contributed by atoms with Gasteiger partial charge in [0, 0.05) is 23.7 Å². The maximum Gasteiger partial charge on any atom is 0.219 e. The topological polar surface area (TPSA) is 34.1 Å². The van der Waals surface area contributed by atoms with E-state index in [0.717, 1.165) is 23.6 Å². The van der Waals surface area contributed by atoms with Gasteiger partial charge in [0.2, 0.25) is 5.88 Å². The minimum absolute atomic E-state index is 0.430. The third-order valence-electron chi connectivity index (χ3n) is 2.82. The predicted octanol–water partition coefficient (Wildman–Crippen LogP) is 4.33. The largest absolute Gasteiger partial charge is 0.439 e. The van der Waals surface area contributed by atoms with Crippen molar-refractivity contribution >= 4 is 11.6 Å². The van der Waals surface area contributed by atoms with Gasteiger partial charge >= 0.3 is 0 Å². The zero-order valence-electron chi connectivity index (χ0n) is 12.0.